The van der Waals surface area contributed by atoms with Gasteiger partial charge in [-0.1, -0.05) is 156 Å². The van der Waals surface area contributed by atoms with Gasteiger partial charge in [0.05, 0.1) is 65.1 Å². The van der Waals surface area contributed by atoms with Crippen molar-refractivity contribution in [1.82, 2.24) is 79.2 Å². The van der Waals surface area contributed by atoms with Crippen LogP contribution < -0.4 is 0 Å². The third-order valence-corrected chi connectivity index (χ3v) is 15.8. The van der Waals surface area contributed by atoms with Crippen molar-refractivity contribution in [1.29, 1.82) is 0 Å². The van der Waals surface area contributed by atoms with E-state index in [0.717, 1.165) is 67.0 Å². The average Bonchev–Trinajstić information content (AvgIpc) is 1.63. The second-order valence-electron chi connectivity index (χ2n) is 20.9. The summed E-state index contributed by atoms with van der Waals surface area (Å²) in [5.41, 5.74) is 14.5. The number of aromatic carboxylic acids is 2. The summed E-state index contributed by atoms with van der Waals surface area (Å²) in [5, 5.41) is 71.3. The zero-order chi connectivity index (χ0) is 67.9. The van der Waals surface area contributed by atoms with E-state index in [1.54, 1.807) is 103 Å². The van der Waals surface area contributed by atoms with E-state index in [4.69, 9.17) is 55.9 Å². The van der Waals surface area contributed by atoms with E-state index in [2.05, 4.69) is 61.2 Å². The fourth-order valence-corrected chi connectivity index (χ4v) is 10.7. The average molecular weight is 1360 g/mol. The van der Waals surface area contributed by atoms with Crippen LogP contribution in [0.2, 0.25) is 20.1 Å². The maximum atomic E-state index is 11.8. The molecule has 0 saturated heterocycles. The van der Waals surface area contributed by atoms with Crippen LogP contribution in [0.5, 0.6) is 0 Å². The summed E-state index contributed by atoms with van der Waals surface area (Å²) in [6, 6.07) is 48.8. The number of carbonyl (C=O) groups excluding carboxylic acids is 2. The minimum atomic E-state index is -1.15. The smallest absolute Gasteiger partial charge is 0.360 e. The molecule has 0 aliphatic rings. The van der Waals surface area contributed by atoms with E-state index in [-0.39, 0.29) is 36.0 Å². The molecule has 28 heteroatoms. The molecule has 0 radical (unpaired) electrons. The molecule has 24 nitrogen and oxygen atoms in total. The number of carboxylic acids is 2. The molecule has 0 unspecified atom stereocenters. The molecule has 0 saturated carbocycles. The molecule has 8 heterocycles. The van der Waals surface area contributed by atoms with Gasteiger partial charge in [-0.3, -0.25) is 0 Å². The predicted molar refractivity (Wildman–Crippen MR) is 361 cm³/mol. The summed E-state index contributed by atoms with van der Waals surface area (Å²) >= 11 is 23.8. The number of aromatic nitrogens is 16. The molecular weight excluding hydrogens is 1310 g/mol. The normalized spacial score (nSPS) is 10.9. The standard InChI is InChI=1S/C19H12Cl2N4O2.C19H14N4O2.2C15H13ClN4O2/c1-10-16(19(26)27)22-23-18-15(11-2-6-13(20)7-3-11)17(24-25(10)18)12-4-8-14(21)9-5-12;1-12-16(19(24)25)20-21-18-15(13-8-4-2-5-9-13)17(22-23(12)18)14-10-6-3-7-11-14;1-3-22-15(21)12-8-20-14(18-17-12)13(9(2)19-20)10-4-6-11(16)7-5-10;1-3-22-15(21)13-9(2)20-14(19-18-13)12(8-17-20)10-4-6-11(16)7-5-10/h2-9H,1H3,(H,26,27);2-11H,1H3,(H,24,25);2*4-8H,3H2,1-2H3. The van der Waals surface area contributed by atoms with E-state index in [0.29, 0.717) is 65.5 Å². The van der Waals surface area contributed by atoms with Crippen LogP contribution >= 0.6 is 46.4 Å². The fourth-order valence-electron chi connectivity index (χ4n) is 10.2. The lowest BCUT2D eigenvalue weighted by atomic mass is 10.0. The van der Waals surface area contributed by atoms with E-state index in [1.807, 2.05) is 116 Å². The van der Waals surface area contributed by atoms with Gasteiger partial charge in [0, 0.05) is 36.8 Å². The highest BCUT2D eigenvalue weighted by Gasteiger charge is 2.26. The lowest BCUT2D eigenvalue weighted by molar-refractivity contribution is 0.0507. The van der Waals surface area contributed by atoms with Gasteiger partial charge in [0.25, 0.3) is 0 Å². The molecule has 14 rings (SSSR count). The number of rotatable bonds is 12. The SMILES string of the molecule is CCOC(=O)c1cn2nc(C)c(-c3ccc(Cl)cc3)c2nn1.CCOC(=O)c1nnc2c(-c3ccc(Cl)cc3)cnn2c1C.Cc1c(C(=O)O)nnc2c(-c3ccc(Cl)cc3)c(-c3ccc(Cl)cc3)nn12.Cc1c(C(=O)O)nnc2c(-c3ccccc3)c(-c3ccccc3)nn12. The molecule has 2 N–H and O–H groups in total. The second-order valence-corrected chi connectivity index (χ2v) is 22.6. The van der Waals surface area contributed by atoms with Gasteiger partial charge < -0.3 is 19.7 Å². The van der Waals surface area contributed by atoms with Crippen molar-refractivity contribution >= 4 is 92.9 Å². The molecule has 96 heavy (non-hydrogen) atoms. The quantitative estimate of drug-likeness (QED) is 0.107. The van der Waals surface area contributed by atoms with Crippen molar-refractivity contribution in [2.45, 2.75) is 41.5 Å². The van der Waals surface area contributed by atoms with Crippen LogP contribution in [0.4, 0.5) is 0 Å². The van der Waals surface area contributed by atoms with Gasteiger partial charge in [-0.25, -0.2) is 37.2 Å². The molecule has 480 valence electrons. The van der Waals surface area contributed by atoms with Gasteiger partial charge in [0.1, 0.15) is 11.4 Å². The van der Waals surface area contributed by atoms with Crippen LogP contribution in [0.15, 0.2) is 170 Å². The van der Waals surface area contributed by atoms with E-state index in [9.17, 15) is 29.4 Å². The molecule has 0 spiro atoms. The Balaban J connectivity index is 0.000000131. The number of hydrogen-bond donors (Lipinski definition) is 2. The van der Waals surface area contributed by atoms with Gasteiger partial charge in [0.2, 0.25) is 0 Å². The number of carbonyl (C=O) groups is 4. The van der Waals surface area contributed by atoms with E-state index < -0.39 is 23.9 Å². The predicted octanol–water partition coefficient (Wildman–Crippen LogP) is 14.1. The van der Waals surface area contributed by atoms with Crippen molar-refractivity contribution in [2.75, 3.05) is 13.2 Å². The van der Waals surface area contributed by atoms with Crippen molar-refractivity contribution in [3.8, 4) is 67.0 Å². The van der Waals surface area contributed by atoms with Crippen LogP contribution in [0, 0.1) is 27.7 Å². The highest BCUT2D eigenvalue weighted by atomic mass is 35.5. The molecule has 0 atom stereocenters. The number of esters is 2. The number of hydrogen-bond acceptors (Lipinski definition) is 18. The van der Waals surface area contributed by atoms with Crippen LogP contribution in [-0.2, 0) is 9.47 Å². The zero-order valence-electron chi connectivity index (χ0n) is 51.6. The molecular formula is C68H52Cl4N16O8. The molecule has 14 aromatic rings. The number of halogens is 4. The number of ether oxygens (including phenoxy) is 2. The fraction of sp³-hybridized carbons (Fsp3) is 0.118. The molecule has 0 bridgehead atoms. The van der Waals surface area contributed by atoms with Crippen molar-refractivity contribution in [3.63, 3.8) is 0 Å². The first-order valence-electron chi connectivity index (χ1n) is 29.2. The monoisotopic (exact) mass is 1360 g/mol. The van der Waals surface area contributed by atoms with Crippen LogP contribution in [-0.4, -0.2) is 127 Å². The summed E-state index contributed by atoms with van der Waals surface area (Å²) in [4.78, 5) is 46.3. The third kappa shape index (κ3) is 13.8. The van der Waals surface area contributed by atoms with Crippen molar-refractivity contribution in [2.24, 2.45) is 0 Å². The summed E-state index contributed by atoms with van der Waals surface area (Å²) in [6.45, 7) is 11.0. The Hall–Kier alpha value is -11.4. The van der Waals surface area contributed by atoms with Crippen LogP contribution in [0.25, 0.3) is 89.6 Å². The second kappa shape index (κ2) is 28.8. The minimum absolute atomic E-state index is 0.103. The number of carboxylic acid groups (broad SMARTS) is 2. The maximum Gasteiger partial charge on any atom is 0.360 e. The minimum Gasteiger partial charge on any atom is -0.476 e. The van der Waals surface area contributed by atoms with Crippen molar-refractivity contribution < 1.29 is 38.9 Å². The molecule has 6 aromatic carbocycles. The Morgan fingerprint density at radius 1 is 0.406 bits per heavy atom. The molecule has 0 aliphatic heterocycles. The number of aryl methyl sites for hydroxylation is 4. The van der Waals surface area contributed by atoms with Gasteiger partial charge in [-0.2, -0.15) is 20.4 Å². The van der Waals surface area contributed by atoms with E-state index >= 15 is 0 Å². The number of nitrogens with zero attached hydrogens (tertiary/aromatic N) is 16. The first-order valence-corrected chi connectivity index (χ1v) is 30.8. The third-order valence-electron chi connectivity index (χ3n) is 14.7. The maximum absolute atomic E-state index is 11.8. The van der Waals surface area contributed by atoms with Gasteiger partial charge >= 0.3 is 23.9 Å². The Bertz CT molecular complexity index is 5230. The lowest BCUT2D eigenvalue weighted by Crippen LogP contribution is -2.14. The van der Waals surface area contributed by atoms with Gasteiger partial charge in [-0.05, 0) is 112 Å². The highest BCUT2D eigenvalue weighted by molar-refractivity contribution is 6.31. The Morgan fingerprint density at radius 2 is 0.792 bits per heavy atom. The zero-order valence-corrected chi connectivity index (χ0v) is 54.6. The topological polar surface area (TPSA) is 300 Å². The summed E-state index contributed by atoms with van der Waals surface area (Å²) in [7, 11) is 0. The van der Waals surface area contributed by atoms with Gasteiger partial charge in [-0.15, -0.1) is 40.8 Å². The highest BCUT2D eigenvalue weighted by Crippen LogP contribution is 2.38. The summed E-state index contributed by atoms with van der Waals surface area (Å²) < 4.78 is 16.1. The van der Waals surface area contributed by atoms with Crippen LogP contribution in [0.3, 0.4) is 0 Å². The summed E-state index contributed by atoms with van der Waals surface area (Å²) in [5.74, 6) is -3.29. The lowest BCUT2D eigenvalue weighted by Gasteiger charge is -2.05. The molecule has 0 fully saturated rings. The Kier molecular flexibility index (Phi) is 19.8. The van der Waals surface area contributed by atoms with E-state index in [1.165, 1.54) is 10.7 Å². The first kappa shape index (κ1) is 66.0. The Labute approximate surface area is 565 Å². The van der Waals surface area contributed by atoms with Gasteiger partial charge in [0.15, 0.2) is 45.4 Å². The molecule has 8 aromatic heterocycles. The molecule has 0 aliphatic carbocycles. The van der Waals surface area contributed by atoms with Crippen LogP contribution in [0.1, 0.15) is 78.6 Å². The number of fused-ring (bicyclic) bond motifs is 4. The van der Waals surface area contributed by atoms with Crippen molar-refractivity contribution in [3.05, 3.63) is 236 Å². The number of benzene rings is 6. The molecule has 0 amide bonds. The largest absolute Gasteiger partial charge is 0.476 e. The summed E-state index contributed by atoms with van der Waals surface area (Å²) in [6.07, 6.45) is 3.21. The Morgan fingerprint density at radius 3 is 1.27 bits per heavy atom. The first-order chi connectivity index (χ1) is 46.3.